The number of guanidine groups is 1. The summed E-state index contributed by atoms with van der Waals surface area (Å²) in [6, 6.07) is 13.3. The summed E-state index contributed by atoms with van der Waals surface area (Å²) >= 11 is 0. The van der Waals surface area contributed by atoms with E-state index in [0.29, 0.717) is 32.0 Å². The molecule has 1 N–H and O–H groups in total. The quantitative estimate of drug-likeness (QED) is 0.597. The SMILES string of the molecule is CN=C(NCc1ccc(N2CCOCC2)c(F)c1)N(C)Cc1ccc(OC)cc1. The van der Waals surface area contributed by atoms with Crippen molar-refractivity contribution in [2.24, 2.45) is 4.99 Å². The largest absolute Gasteiger partial charge is 0.497 e. The molecule has 1 aliphatic rings. The van der Waals surface area contributed by atoms with E-state index in [1.807, 2.05) is 53.2 Å². The lowest BCUT2D eigenvalue weighted by Crippen LogP contribution is -2.38. The van der Waals surface area contributed by atoms with Crippen LogP contribution in [0.1, 0.15) is 11.1 Å². The molecule has 0 saturated carbocycles. The lowest BCUT2D eigenvalue weighted by molar-refractivity contribution is 0.122. The van der Waals surface area contributed by atoms with Gasteiger partial charge < -0.3 is 24.6 Å². The third kappa shape index (κ3) is 5.60. The van der Waals surface area contributed by atoms with Crippen molar-refractivity contribution in [3.63, 3.8) is 0 Å². The second kappa shape index (κ2) is 10.1. The van der Waals surface area contributed by atoms with E-state index in [9.17, 15) is 4.39 Å². The number of methoxy groups -OCH3 is 1. The molecule has 0 spiro atoms. The van der Waals surface area contributed by atoms with Crippen molar-refractivity contribution in [2.75, 3.05) is 52.4 Å². The van der Waals surface area contributed by atoms with Crippen LogP contribution in [0.5, 0.6) is 5.75 Å². The Balaban J connectivity index is 1.57. The minimum atomic E-state index is -0.201. The maximum absolute atomic E-state index is 14.6. The summed E-state index contributed by atoms with van der Waals surface area (Å²) in [6.45, 7) is 3.92. The van der Waals surface area contributed by atoms with Crippen LogP contribution in [0.15, 0.2) is 47.5 Å². The Hall–Kier alpha value is -2.80. The number of hydrogen-bond acceptors (Lipinski definition) is 4. The molecule has 29 heavy (non-hydrogen) atoms. The molecule has 1 saturated heterocycles. The van der Waals surface area contributed by atoms with Gasteiger partial charge in [-0.15, -0.1) is 0 Å². The third-order valence-corrected chi connectivity index (χ3v) is 4.97. The van der Waals surface area contributed by atoms with Crippen LogP contribution in [0, 0.1) is 5.82 Å². The molecule has 1 aliphatic heterocycles. The Morgan fingerprint density at radius 2 is 1.86 bits per heavy atom. The first-order valence-electron chi connectivity index (χ1n) is 9.76. The van der Waals surface area contributed by atoms with Gasteiger partial charge in [0.05, 0.1) is 26.0 Å². The van der Waals surface area contributed by atoms with Gasteiger partial charge in [0.25, 0.3) is 0 Å². The topological polar surface area (TPSA) is 49.3 Å². The standard InChI is InChI=1S/C22H29FN4O2/c1-24-22(26(2)16-17-4-7-19(28-3)8-5-17)25-15-18-6-9-21(20(23)14-18)27-10-12-29-13-11-27/h4-9,14H,10-13,15-16H2,1-3H3,(H,24,25). The van der Waals surface area contributed by atoms with E-state index in [-0.39, 0.29) is 5.82 Å². The molecular weight excluding hydrogens is 371 g/mol. The predicted molar refractivity (Wildman–Crippen MR) is 114 cm³/mol. The summed E-state index contributed by atoms with van der Waals surface area (Å²) in [4.78, 5) is 8.39. The molecule has 156 valence electrons. The van der Waals surface area contributed by atoms with Crippen molar-refractivity contribution in [3.05, 3.63) is 59.4 Å². The van der Waals surface area contributed by atoms with Crippen LogP contribution in [0.4, 0.5) is 10.1 Å². The van der Waals surface area contributed by atoms with Crippen molar-refractivity contribution in [1.82, 2.24) is 10.2 Å². The first-order valence-corrected chi connectivity index (χ1v) is 9.76. The van der Waals surface area contributed by atoms with Gasteiger partial charge in [0.2, 0.25) is 0 Å². The number of anilines is 1. The number of rotatable bonds is 6. The maximum atomic E-state index is 14.6. The minimum Gasteiger partial charge on any atom is -0.497 e. The van der Waals surface area contributed by atoms with Crippen LogP contribution in [-0.2, 0) is 17.8 Å². The highest BCUT2D eigenvalue weighted by Crippen LogP contribution is 2.21. The van der Waals surface area contributed by atoms with E-state index in [4.69, 9.17) is 9.47 Å². The molecule has 3 rings (SSSR count). The van der Waals surface area contributed by atoms with E-state index in [1.165, 1.54) is 0 Å². The summed E-state index contributed by atoms with van der Waals surface area (Å²) in [5.41, 5.74) is 2.66. The second-order valence-electron chi connectivity index (χ2n) is 6.99. The van der Waals surface area contributed by atoms with Gasteiger partial charge in [-0.05, 0) is 35.4 Å². The highest BCUT2D eigenvalue weighted by molar-refractivity contribution is 5.79. The van der Waals surface area contributed by atoms with E-state index >= 15 is 0 Å². The zero-order chi connectivity index (χ0) is 20.6. The number of nitrogens with one attached hydrogen (secondary N) is 1. The van der Waals surface area contributed by atoms with Gasteiger partial charge in [-0.3, -0.25) is 4.99 Å². The highest BCUT2D eigenvalue weighted by Gasteiger charge is 2.15. The molecule has 0 aliphatic carbocycles. The van der Waals surface area contributed by atoms with Crippen LogP contribution in [0.3, 0.4) is 0 Å². The normalized spacial score (nSPS) is 14.6. The summed E-state index contributed by atoms with van der Waals surface area (Å²) in [7, 11) is 5.37. The zero-order valence-electron chi connectivity index (χ0n) is 17.3. The molecule has 0 bridgehead atoms. The van der Waals surface area contributed by atoms with Crippen molar-refractivity contribution in [2.45, 2.75) is 13.1 Å². The van der Waals surface area contributed by atoms with Crippen molar-refractivity contribution < 1.29 is 13.9 Å². The summed E-state index contributed by atoms with van der Waals surface area (Å²) in [6.07, 6.45) is 0. The summed E-state index contributed by atoms with van der Waals surface area (Å²) in [5.74, 6) is 1.38. The number of morpholine rings is 1. The van der Waals surface area contributed by atoms with Gasteiger partial charge in [0.1, 0.15) is 11.6 Å². The van der Waals surface area contributed by atoms with Crippen LogP contribution in [-0.4, -0.2) is 58.4 Å². The number of hydrogen-bond donors (Lipinski definition) is 1. The van der Waals surface area contributed by atoms with Crippen LogP contribution < -0.4 is 15.0 Å². The number of halogens is 1. The number of ether oxygens (including phenoxy) is 2. The van der Waals surface area contributed by atoms with Crippen LogP contribution in [0.25, 0.3) is 0 Å². The highest BCUT2D eigenvalue weighted by atomic mass is 19.1. The molecule has 0 amide bonds. The molecule has 2 aromatic carbocycles. The third-order valence-electron chi connectivity index (χ3n) is 4.97. The Kier molecular flexibility index (Phi) is 7.30. The Labute approximate surface area is 171 Å². The zero-order valence-corrected chi connectivity index (χ0v) is 17.3. The smallest absolute Gasteiger partial charge is 0.193 e. The van der Waals surface area contributed by atoms with E-state index in [1.54, 1.807) is 20.2 Å². The maximum Gasteiger partial charge on any atom is 0.193 e. The van der Waals surface area contributed by atoms with E-state index in [0.717, 1.165) is 35.9 Å². The molecule has 2 aromatic rings. The fourth-order valence-electron chi connectivity index (χ4n) is 3.37. The van der Waals surface area contributed by atoms with Crippen molar-refractivity contribution >= 4 is 11.6 Å². The van der Waals surface area contributed by atoms with Gasteiger partial charge in [0.15, 0.2) is 5.96 Å². The van der Waals surface area contributed by atoms with Gasteiger partial charge in [-0.2, -0.15) is 0 Å². The molecular formula is C22H29FN4O2. The molecule has 0 unspecified atom stereocenters. The number of aliphatic imine (C=N–C) groups is 1. The fraction of sp³-hybridized carbons (Fsp3) is 0.409. The fourth-order valence-corrected chi connectivity index (χ4v) is 3.37. The molecule has 1 heterocycles. The molecule has 0 radical (unpaired) electrons. The number of nitrogens with zero attached hydrogens (tertiary/aromatic N) is 3. The monoisotopic (exact) mass is 400 g/mol. The van der Waals surface area contributed by atoms with Crippen LogP contribution >= 0.6 is 0 Å². The Morgan fingerprint density at radius 3 is 2.48 bits per heavy atom. The average Bonchev–Trinajstić information content (AvgIpc) is 2.75. The predicted octanol–water partition coefficient (Wildman–Crippen LogP) is 2.88. The minimum absolute atomic E-state index is 0.201. The van der Waals surface area contributed by atoms with Crippen molar-refractivity contribution in [3.8, 4) is 5.75 Å². The van der Waals surface area contributed by atoms with E-state index in [2.05, 4.69) is 10.3 Å². The van der Waals surface area contributed by atoms with Gasteiger partial charge in [0, 0.05) is 40.3 Å². The molecule has 0 atom stereocenters. The van der Waals surface area contributed by atoms with Crippen LogP contribution in [0.2, 0.25) is 0 Å². The Morgan fingerprint density at radius 1 is 1.17 bits per heavy atom. The Bertz CT molecular complexity index is 820. The first-order chi connectivity index (χ1) is 14.1. The van der Waals surface area contributed by atoms with E-state index < -0.39 is 0 Å². The molecule has 7 heteroatoms. The first kappa shape index (κ1) is 20.9. The summed E-state index contributed by atoms with van der Waals surface area (Å²) < 4.78 is 25.1. The second-order valence-corrected chi connectivity index (χ2v) is 6.99. The van der Waals surface area contributed by atoms with Gasteiger partial charge in [-0.1, -0.05) is 18.2 Å². The van der Waals surface area contributed by atoms with Crippen molar-refractivity contribution in [1.29, 1.82) is 0 Å². The molecule has 0 aromatic heterocycles. The molecule has 1 fully saturated rings. The van der Waals surface area contributed by atoms with Gasteiger partial charge in [-0.25, -0.2) is 4.39 Å². The average molecular weight is 400 g/mol. The lowest BCUT2D eigenvalue weighted by atomic mass is 10.1. The lowest BCUT2D eigenvalue weighted by Gasteiger charge is -2.29. The summed E-state index contributed by atoms with van der Waals surface area (Å²) in [5, 5.41) is 3.31. The molecule has 6 nitrogen and oxygen atoms in total. The van der Waals surface area contributed by atoms with Gasteiger partial charge >= 0.3 is 0 Å². The number of benzene rings is 2.